The van der Waals surface area contributed by atoms with E-state index in [1.54, 1.807) is 0 Å². The van der Waals surface area contributed by atoms with Crippen molar-refractivity contribution < 1.29 is 14.6 Å². The molecule has 0 bridgehead atoms. The van der Waals surface area contributed by atoms with Gasteiger partial charge in [0.2, 0.25) is 0 Å². The highest BCUT2D eigenvalue weighted by molar-refractivity contribution is 6.29. The van der Waals surface area contributed by atoms with Crippen LogP contribution in [0.15, 0.2) is 12.1 Å². The average molecular weight is 300 g/mol. The molecule has 110 valence electrons. The molecule has 1 fully saturated rings. The first-order valence-electron chi connectivity index (χ1n) is 6.57. The van der Waals surface area contributed by atoms with E-state index in [-0.39, 0.29) is 22.6 Å². The van der Waals surface area contributed by atoms with Crippen LogP contribution in [0.1, 0.15) is 17.3 Å². The normalized spacial score (nSPS) is 19.8. The number of rotatable bonds is 5. The summed E-state index contributed by atoms with van der Waals surface area (Å²) in [6, 6.07) is 2.91. The van der Waals surface area contributed by atoms with Crippen molar-refractivity contribution in [2.75, 3.05) is 38.1 Å². The largest absolute Gasteiger partial charge is 0.478 e. The summed E-state index contributed by atoms with van der Waals surface area (Å²) in [6.45, 7) is 6.04. The molecule has 1 saturated heterocycles. The van der Waals surface area contributed by atoms with E-state index in [1.165, 1.54) is 12.1 Å². The molecule has 0 saturated carbocycles. The van der Waals surface area contributed by atoms with Crippen LogP contribution in [-0.4, -0.2) is 59.8 Å². The Morgan fingerprint density at radius 2 is 2.45 bits per heavy atom. The van der Waals surface area contributed by atoms with E-state index < -0.39 is 5.97 Å². The number of nitrogens with zero attached hydrogens (tertiary/aromatic N) is 2. The van der Waals surface area contributed by atoms with Gasteiger partial charge >= 0.3 is 5.97 Å². The molecule has 2 rings (SSSR count). The quantitative estimate of drug-likeness (QED) is 0.804. The minimum Gasteiger partial charge on any atom is -0.478 e. The molecule has 1 unspecified atom stereocenters. The van der Waals surface area contributed by atoms with Crippen LogP contribution >= 0.6 is 11.6 Å². The van der Waals surface area contributed by atoms with Crippen molar-refractivity contribution in [3.8, 4) is 0 Å². The van der Waals surface area contributed by atoms with Gasteiger partial charge in [0.05, 0.1) is 12.7 Å². The zero-order valence-corrected chi connectivity index (χ0v) is 12.1. The van der Waals surface area contributed by atoms with Gasteiger partial charge in [-0.3, -0.25) is 4.90 Å². The number of aromatic nitrogens is 1. The fourth-order valence-corrected chi connectivity index (χ4v) is 2.29. The Bertz CT molecular complexity index is 484. The zero-order valence-electron chi connectivity index (χ0n) is 11.3. The van der Waals surface area contributed by atoms with Crippen LogP contribution in [0.2, 0.25) is 5.15 Å². The van der Waals surface area contributed by atoms with Gasteiger partial charge in [0.25, 0.3) is 0 Å². The van der Waals surface area contributed by atoms with Gasteiger partial charge in [0.1, 0.15) is 16.5 Å². The lowest BCUT2D eigenvalue weighted by Crippen LogP contribution is -2.45. The third kappa shape index (κ3) is 3.82. The minimum atomic E-state index is -1.03. The predicted octanol–water partition coefficient (Wildman–Crippen LogP) is 1.57. The van der Waals surface area contributed by atoms with Crippen LogP contribution in [0.5, 0.6) is 0 Å². The molecule has 20 heavy (non-hydrogen) atoms. The first kappa shape index (κ1) is 15.0. The van der Waals surface area contributed by atoms with Crippen molar-refractivity contribution in [3.63, 3.8) is 0 Å². The number of hydrogen-bond donors (Lipinski definition) is 2. The third-order valence-corrected chi connectivity index (χ3v) is 3.47. The van der Waals surface area contributed by atoms with Gasteiger partial charge in [-0.2, -0.15) is 0 Å². The summed E-state index contributed by atoms with van der Waals surface area (Å²) in [7, 11) is 0. The lowest BCUT2D eigenvalue weighted by atomic mass is 10.2. The predicted molar refractivity (Wildman–Crippen MR) is 76.6 cm³/mol. The summed E-state index contributed by atoms with van der Waals surface area (Å²) < 4.78 is 5.65. The Morgan fingerprint density at radius 3 is 3.15 bits per heavy atom. The summed E-state index contributed by atoms with van der Waals surface area (Å²) in [5.74, 6) is -0.751. The third-order valence-electron chi connectivity index (χ3n) is 3.26. The van der Waals surface area contributed by atoms with Crippen LogP contribution in [-0.2, 0) is 4.74 Å². The maximum absolute atomic E-state index is 11.1. The first-order chi connectivity index (χ1) is 9.60. The number of likely N-dealkylation sites (N-methyl/N-ethyl adjacent to an activating group) is 1. The molecular formula is C13H18ClN3O3. The van der Waals surface area contributed by atoms with E-state index in [0.29, 0.717) is 13.2 Å². The lowest BCUT2D eigenvalue weighted by Gasteiger charge is -2.32. The summed E-state index contributed by atoms with van der Waals surface area (Å²) in [5.41, 5.74) is 0.109. The van der Waals surface area contributed by atoms with Crippen LogP contribution in [0.25, 0.3) is 0 Å². The molecule has 7 heteroatoms. The maximum atomic E-state index is 11.1. The molecule has 0 aliphatic carbocycles. The Hall–Kier alpha value is -1.37. The molecule has 6 nitrogen and oxygen atoms in total. The topological polar surface area (TPSA) is 74.7 Å². The van der Waals surface area contributed by atoms with Crippen molar-refractivity contribution in [3.05, 3.63) is 22.8 Å². The summed E-state index contributed by atoms with van der Waals surface area (Å²) in [5, 5.41) is 12.4. The smallest absolute Gasteiger partial charge is 0.339 e. The number of morpholine rings is 1. The second-order valence-electron chi connectivity index (χ2n) is 4.60. The molecule has 0 spiro atoms. The van der Waals surface area contributed by atoms with Gasteiger partial charge in [0.15, 0.2) is 0 Å². The molecular weight excluding hydrogens is 282 g/mol. The molecule has 0 amide bonds. The molecule has 2 N–H and O–H groups in total. The van der Waals surface area contributed by atoms with Crippen molar-refractivity contribution in [1.82, 2.24) is 9.88 Å². The fourth-order valence-electron chi connectivity index (χ4n) is 2.14. The van der Waals surface area contributed by atoms with Crippen LogP contribution < -0.4 is 5.32 Å². The standard InChI is InChI=1S/C13H18ClN3O3/c1-2-17-5-6-20-9(8-17)7-15-12-10(13(18)19)3-4-11(14)16-12/h3-4,9H,2,5-8H2,1H3,(H,15,16)(H,18,19). The Kier molecular flexibility index (Phi) is 5.17. The number of carboxylic acids is 1. The Morgan fingerprint density at radius 1 is 1.65 bits per heavy atom. The Balaban J connectivity index is 1.99. The number of halogens is 1. The average Bonchev–Trinajstić information content (AvgIpc) is 2.45. The second-order valence-corrected chi connectivity index (χ2v) is 4.99. The summed E-state index contributed by atoms with van der Waals surface area (Å²) in [6.07, 6.45) is 0.0196. The second kappa shape index (κ2) is 6.88. The lowest BCUT2D eigenvalue weighted by molar-refractivity contribution is -0.0192. The molecule has 0 radical (unpaired) electrons. The van der Waals surface area contributed by atoms with E-state index in [0.717, 1.165) is 19.6 Å². The van der Waals surface area contributed by atoms with Crippen molar-refractivity contribution >= 4 is 23.4 Å². The van der Waals surface area contributed by atoms with Gasteiger partial charge in [-0.1, -0.05) is 18.5 Å². The SMILES string of the molecule is CCN1CCOC(CNc2nc(Cl)ccc2C(=O)O)C1. The maximum Gasteiger partial charge on any atom is 0.339 e. The highest BCUT2D eigenvalue weighted by atomic mass is 35.5. The monoisotopic (exact) mass is 299 g/mol. The number of hydrogen-bond acceptors (Lipinski definition) is 5. The zero-order chi connectivity index (χ0) is 14.5. The van der Waals surface area contributed by atoms with E-state index in [2.05, 4.69) is 22.1 Å². The van der Waals surface area contributed by atoms with Crippen LogP contribution in [0.3, 0.4) is 0 Å². The van der Waals surface area contributed by atoms with Crippen molar-refractivity contribution in [1.29, 1.82) is 0 Å². The van der Waals surface area contributed by atoms with Gasteiger partial charge in [-0.15, -0.1) is 0 Å². The minimum absolute atomic E-state index is 0.0196. The van der Waals surface area contributed by atoms with E-state index in [4.69, 9.17) is 21.4 Å². The molecule has 2 heterocycles. The molecule has 1 aliphatic rings. The molecule has 1 aliphatic heterocycles. The highest BCUT2D eigenvalue weighted by Crippen LogP contribution is 2.17. The summed E-state index contributed by atoms with van der Waals surface area (Å²) >= 11 is 5.81. The molecule has 0 aromatic carbocycles. The fraction of sp³-hybridized carbons (Fsp3) is 0.538. The van der Waals surface area contributed by atoms with Crippen LogP contribution in [0.4, 0.5) is 5.82 Å². The molecule has 1 aromatic heterocycles. The van der Waals surface area contributed by atoms with Crippen molar-refractivity contribution in [2.24, 2.45) is 0 Å². The van der Waals surface area contributed by atoms with E-state index in [1.807, 2.05) is 0 Å². The van der Waals surface area contributed by atoms with Gasteiger partial charge in [-0.05, 0) is 18.7 Å². The number of carbonyl (C=O) groups is 1. The van der Waals surface area contributed by atoms with E-state index in [9.17, 15) is 4.79 Å². The number of aromatic carboxylic acids is 1. The van der Waals surface area contributed by atoms with Gasteiger partial charge < -0.3 is 15.2 Å². The van der Waals surface area contributed by atoms with Crippen molar-refractivity contribution in [2.45, 2.75) is 13.0 Å². The van der Waals surface area contributed by atoms with Crippen LogP contribution in [0, 0.1) is 0 Å². The number of anilines is 1. The number of ether oxygens (including phenoxy) is 1. The number of nitrogens with one attached hydrogen (secondary N) is 1. The number of pyridine rings is 1. The highest BCUT2D eigenvalue weighted by Gasteiger charge is 2.20. The van der Waals surface area contributed by atoms with Gasteiger partial charge in [-0.25, -0.2) is 9.78 Å². The summed E-state index contributed by atoms with van der Waals surface area (Å²) in [4.78, 5) is 17.4. The first-order valence-corrected chi connectivity index (χ1v) is 6.95. The number of carboxylic acid groups (broad SMARTS) is 1. The van der Waals surface area contributed by atoms with E-state index >= 15 is 0 Å². The van der Waals surface area contributed by atoms with Gasteiger partial charge in [0, 0.05) is 19.6 Å². The molecule has 1 atom stereocenters. The Labute approximate surface area is 122 Å². The molecule has 1 aromatic rings.